The number of aromatic nitrogens is 2. The van der Waals surface area contributed by atoms with Crippen molar-refractivity contribution in [2.45, 2.75) is 64.2 Å². The fourth-order valence-electron chi connectivity index (χ4n) is 2.37. The van der Waals surface area contributed by atoms with E-state index in [4.69, 9.17) is 4.74 Å². The minimum atomic E-state index is -0.299. The maximum Gasteiger partial charge on any atom is 0.218 e. The van der Waals surface area contributed by atoms with Crippen LogP contribution in [0.5, 0.6) is 5.88 Å². The van der Waals surface area contributed by atoms with Crippen molar-refractivity contribution < 1.29 is 9.84 Å². The van der Waals surface area contributed by atoms with E-state index in [2.05, 4.69) is 15.3 Å². The molecule has 5 nitrogen and oxygen atoms in total. The van der Waals surface area contributed by atoms with Crippen LogP contribution in [0.3, 0.4) is 0 Å². The molecule has 0 amide bonds. The van der Waals surface area contributed by atoms with Crippen molar-refractivity contribution >= 4 is 5.82 Å². The van der Waals surface area contributed by atoms with Crippen molar-refractivity contribution in [3.8, 4) is 5.88 Å². The molecular formula is C14H23N3O2. The van der Waals surface area contributed by atoms with Crippen LogP contribution < -0.4 is 10.1 Å². The van der Waals surface area contributed by atoms with E-state index in [0.717, 1.165) is 31.5 Å². The molecule has 2 N–H and O–H groups in total. The maximum atomic E-state index is 10.1. The Morgan fingerprint density at radius 2 is 2.05 bits per heavy atom. The number of nitrogens with one attached hydrogen (secondary N) is 1. The van der Waals surface area contributed by atoms with E-state index in [-0.39, 0.29) is 18.2 Å². The van der Waals surface area contributed by atoms with Gasteiger partial charge in [0.2, 0.25) is 5.88 Å². The van der Waals surface area contributed by atoms with Crippen molar-refractivity contribution in [1.29, 1.82) is 0 Å². The number of hydrogen-bond acceptors (Lipinski definition) is 5. The molecule has 5 heteroatoms. The molecular weight excluding hydrogens is 242 g/mol. The fraction of sp³-hybridized carbons (Fsp3) is 0.714. The lowest BCUT2D eigenvalue weighted by Gasteiger charge is -2.22. The van der Waals surface area contributed by atoms with Crippen LogP contribution in [0, 0.1) is 0 Å². The molecule has 19 heavy (non-hydrogen) atoms. The molecule has 2 atom stereocenters. The second-order valence-corrected chi connectivity index (χ2v) is 5.36. The topological polar surface area (TPSA) is 67.3 Å². The number of rotatable bonds is 4. The van der Waals surface area contributed by atoms with Crippen molar-refractivity contribution in [2.75, 3.05) is 5.32 Å². The van der Waals surface area contributed by atoms with Gasteiger partial charge in [-0.2, -0.15) is 0 Å². The number of nitrogens with zero attached hydrogens (tertiary/aromatic N) is 2. The van der Waals surface area contributed by atoms with Gasteiger partial charge in [0.05, 0.1) is 18.2 Å². The largest absolute Gasteiger partial charge is 0.475 e. The standard InChI is InChI=1S/C14H23N3O2/c1-10(2)19-14-8-13(15-9-16-14)17-11-6-4-3-5-7-12(11)18/h8-12,18H,3-7H2,1-2H3,(H,15,16,17). The van der Waals surface area contributed by atoms with E-state index in [1.54, 1.807) is 6.07 Å². The summed E-state index contributed by atoms with van der Waals surface area (Å²) in [5, 5.41) is 13.4. The van der Waals surface area contributed by atoms with Crippen LogP contribution >= 0.6 is 0 Å². The predicted molar refractivity (Wildman–Crippen MR) is 74.3 cm³/mol. The second kappa shape index (κ2) is 6.70. The highest BCUT2D eigenvalue weighted by Gasteiger charge is 2.21. The molecule has 1 fully saturated rings. The Balaban J connectivity index is 2.01. The van der Waals surface area contributed by atoms with Gasteiger partial charge >= 0.3 is 0 Å². The van der Waals surface area contributed by atoms with Crippen molar-refractivity contribution in [3.05, 3.63) is 12.4 Å². The molecule has 1 heterocycles. The SMILES string of the molecule is CC(C)Oc1cc(NC2CCCCCC2O)ncn1. The molecule has 0 aliphatic heterocycles. The van der Waals surface area contributed by atoms with E-state index < -0.39 is 0 Å². The zero-order chi connectivity index (χ0) is 13.7. The van der Waals surface area contributed by atoms with Gasteiger partial charge in [-0.3, -0.25) is 0 Å². The number of anilines is 1. The number of hydrogen-bond donors (Lipinski definition) is 2. The van der Waals surface area contributed by atoms with Crippen LogP contribution in [-0.4, -0.2) is 33.3 Å². The third kappa shape index (κ3) is 4.35. The third-order valence-electron chi connectivity index (χ3n) is 3.31. The Bertz CT molecular complexity index is 398. The van der Waals surface area contributed by atoms with Gasteiger partial charge in [0, 0.05) is 6.07 Å². The van der Waals surface area contributed by atoms with E-state index in [0.29, 0.717) is 5.88 Å². The van der Waals surface area contributed by atoms with Gasteiger partial charge in [0.1, 0.15) is 12.1 Å². The summed E-state index contributed by atoms with van der Waals surface area (Å²) in [5.41, 5.74) is 0. The van der Waals surface area contributed by atoms with E-state index in [1.165, 1.54) is 12.7 Å². The van der Waals surface area contributed by atoms with Crippen molar-refractivity contribution in [2.24, 2.45) is 0 Å². The molecule has 106 valence electrons. The quantitative estimate of drug-likeness (QED) is 0.818. The highest BCUT2D eigenvalue weighted by atomic mass is 16.5. The molecule has 1 aromatic heterocycles. The first-order chi connectivity index (χ1) is 9.15. The molecule has 1 saturated carbocycles. The third-order valence-corrected chi connectivity index (χ3v) is 3.31. The lowest BCUT2D eigenvalue weighted by molar-refractivity contribution is 0.144. The van der Waals surface area contributed by atoms with Gasteiger partial charge in [-0.05, 0) is 26.7 Å². The molecule has 1 aliphatic carbocycles. The monoisotopic (exact) mass is 265 g/mol. The summed E-state index contributed by atoms with van der Waals surface area (Å²) in [6.45, 7) is 3.93. The van der Waals surface area contributed by atoms with E-state index in [9.17, 15) is 5.11 Å². The van der Waals surface area contributed by atoms with Crippen LogP contribution in [-0.2, 0) is 0 Å². The summed E-state index contributed by atoms with van der Waals surface area (Å²) in [7, 11) is 0. The number of aliphatic hydroxyl groups is 1. The number of ether oxygens (including phenoxy) is 1. The van der Waals surface area contributed by atoms with E-state index in [1.807, 2.05) is 13.8 Å². The van der Waals surface area contributed by atoms with Gasteiger partial charge in [0.25, 0.3) is 0 Å². The summed E-state index contributed by atoms with van der Waals surface area (Å²) in [6, 6.07) is 1.86. The first-order valence-corrected chi connectivity index (χ1v) is 7.08. The normalized spacial score (nSPS) is 24.0. The first kappa shape index (κ1) is 14.1. The fourth-order valence-corrected chi connectivity index (χ4v) is 2.37. The summed E-state index contributed by atoms with van der Waals surface area (Å²) in [6.07, 6.45) is 6.56. The number of aliphatic hydroxyl groups excluding tert-OH is 1. The van der Waals surface area contributed by atoms with Gasteiger partial charge in [-0.1, -0.05) is 19.3 Å². The second-order valence-electron chi connectivity index (χ2n) is 5.36. The van der Waals surface area contributed by atoms with Crippen LogP contribution in [0.4, 0.5) is 5.82 Å². The first-order valence-electron chi connectivity index (χ1n) is 7.08. The molecule has 0 bridgehead atoms. The Morgan fingerprint density at radius 3 is 2.84 bits per heavy atom. The maximum absolute atomic E-state index is 10.1. The average molecular weight is 265 g/mol. The van der Waals surface area contributed by atoms with Crippen LogP contribution in [0.1, 0.15) is 46.0 Å². The smallest absolute Gasteiger partial charge is 0.218 e. The summed E-state index contributed by atoms with van der Waals surface area (Å²) in [4.78, 5) is 8.27. The Labute approximate surface area is 114 Å². The zero-order valence-corrected chi connectivity index (χ0v) is 11.7. The van der Waals surface area contributed by atoms with Crippen LogP contribution in [0.25, 0.3) is 0 Å². The molecule has 0 saturated heterocycles. The van der Waals surface area contributed by atoms with Crippen molar-refractivity contribution in [3.63, 3.8) is 0 Å². The van der Waals surface area contributed by atoms with Gasteiger partial charge in [-0.15, -0.1) is 0 Å². The predicted octanol–water partition coefficient (Wildman–Crippen LogP) is 2.37. The van der Waals surface area contributed by atoms with Gasteiger partial charge in [0.15, 0.2) is 0 Å². The molecule has 1 aliphatic rings. The molecule has 0 radical (unpaired) electrons. The lowest BCUT2D eigenvalue weighted by Crippen LogP contribution is -2.32. The summed E-state index contributed by atoms with van der Waals surface area (Å²) in [5.74, 6) is 1.28. The zero-order valence-electron chi connectivity index (χ0n) is 11.7. The Morgan fingerprint density at radius 1 is 1.26 bits per heavy atom. The molecule has 0 aromatic carbocycles. The average Bonchev–Trinajstić information content (AvgIpc) is 2.55. The van der Waals surface area contributed by atoms with E-state index >= 15 is 0 Å². The lowest BCUT2D eigenvalue weighted by atomic mass is 10.1. The minimum absolute atomic E-state index is 0.0734. The van der Waals surface area contributed by atoms with Crippen molar-refractivity contribution in [1.82, 2.24) is 9.97 Å². The molecule has 2 unspecified atom stereocenters. The summed E-state index contributed by atoms with van der Waals surface area (Å²) < 4.78 is 5.54. The molecule has 2 rings (SSSR count). The highest BCUT2D eigenvalue weighted by molar-refractivity contribution is 5.38. The Kier molecular flexibility index (Phi) is 4.96. The van der Waals surface area contributed by atoms with Gasteiger partial charge in [-0.25, -0.2) is 9.97 Å². The molecule has 0 spiro atoms. The molecule has 1 aromatic rings. The Hall–Kier alpha value is -1.36. The minimum Gasteiger partial charge on any atom is -0.475 e. The van der Waals surface area contributed by atoms with Crippen LogP contribution in [0.15, 0.2) is 12.4 Å². The van der Waals surface area contributed by atoms with Crippen LogP contribution in [0.2, 0.25) is 0 Å². The highest BCUT2D eigenvalue weighted by Crippen LogP contribution is 2.22. The van der Waals surface area contributed by atoms with Gasteiger partial charge < -0.3 is 15.2 Å². The summed E-state index contributed by atoms with van der Waals surface area (Å²) >= 11 is 0.